The number of carbonyl (C=O) groups is 2. The van der Waals surface area contributed by atoms with Crippen molar-refractivity contribution in [2.75, 3.05) is 18.2 Å². The van der Waals surface area contributed by atoms with Crippen LogP contribution in [0.5, 0.6) is 0 Å². The van der Waals surface area contributed by atoms with Crippen molar-refractivity contribution in [2.45, 2.75) is 4.90 Å². The van der Waals surface area contributed by atoms with Gasteiger partial charge >= 0.3 is 5.97 Å². The molecule has 0 atom stereocenters. The Labute approximate surface area is 143 Å². The van der Waals surface area contributed by atoms with Crippen LogP contribution < -0.4 is 5.32 Å². The number of hydrogen-bond donors (Lipinski definition) is 1. The summed E-state index contributed by atoms with van der Waals surface area (Å²) in [5, 5.41) is 2.58. The van der Waals surface area contributed by atoms with Gasteiger partial charge in [0.1, 0.15) is 0 Å². The largest absolute Gasteiger partial charge is 0.452 e. The molecule has 0 saturated heterocycles. The van der Waals surface area contributed by atoms with Crippen molar-refractivity contribution in [3.8, 4) is 0 Å². The number of rotatable bonds is 5. The number of hydrogen-bond acceptors (Lipinski definition) is 6. The summed E-state index contributed by atoms with van der Waals surface area (Å²) in [6, 6.07) is 8.36. The molecule has 1 heterocycles. The van der Waals surface area contributed by atoms with Crippen molar-refractivity contribution >= 4 is 39.0 Å². The van der Waals surface area contributed by atoms with Crippen LogP contribution in [0.25, 0.3) is 0 Å². The molecule has 0 aliphatic heterocycles. The third kappa shape index (κ3) is 4.77. The Morgan fingerprint density at radius 2 is 1.88 bits per heavy atom. The molecular weight excluding hydrogens is 356 g/mol. The third-order valence-corrected chi connectivity index (χ3v) is 4.32. The highest BCUT2D eigenvalue weighted by atomic mass is 35.5. The van der Waals surface area contributed by atoms with Gasteiger partial charge in [0.2, 0.25) is 0 Å². The SMILES string of the molecule is CS(=O)(=O)c1ccc(C(=O)OCC(=O)Nc2cccnc2Cl)cc1. The van der Waals surface area contributed by atoms with E-state index < -0.39 is 28.3 Å². The summed E-state index contributed by atoms with van der Waals surface area (Å²) in [6.45, 7) is -0.516. The molecule has 9 heteroatoms. The van der Waals surface area contributed by atoms with E-state index in [1.165, 1.54) is 30.5 Å². The Bertz CT molecular complexity index is 866. The topological polar surface area (TPSA) is 102 Å². The fraction of sp³-hybridized carbons (Fsp3) is 0.133. The van der Waals surface area contributed by atoms with Crippen LogP contribution in [0.1, 0.15) is 10.4 Å². The zero-order valence-corrected chi connectivity index (χ0v) is 14.1. The molecule has 1 N–H and O–H groups in total. The number of anilines is 1. The van der Waals surface area contributed by atoms with Crippen LogP contribution in [0.15, 0.2) is 47.5 Å². The Hall–Kier alpha value is -2.45. The number of esters is 1. The third-order valence-electron chi connectivity index (χ3n) is 2.89. The summed E-state index contributed by atoms with van der Waals surface area (Å²) in [4.78, 5) is 27.5. The Kier molecular flexibility index (Phi) is 5.53. The van der Waals surface area contributed by atoms with Crippen molar-refractivity contribution in [3.63, 3.8) is 0 Å². The lowest BCUT2D eigenvalue weighted by Crippen LogP contribution is -2.21. The minimum absolute atomic E-state index is 0.0861. The molecule has 0 aliphatic carbocycles. The van der Waals surface area contributed by atoms with Gasteiger partial charge in [-0.1, -0.05) is 11.6 Å². The van der Waals surface area contributed by atoms with Crippen LogP contribution in [0, 0.1) is 0 Å². The lowest BCUT2D eigenvalue weighted by molar-refractivity contribution is -0.119. The van der Waals surface area contributed by atoms with Crippen LogP contribution in [-0.4, -0.2) is 38.1 Å². The predicted molar refractivity (Wildman–Crippen MR) is 87.7 cm³/mol. The van der Waals surface area contributed by atoms with E-state index in [2.05, 4.69) is 10.3 Å². The maximum absolute atomic E-state index is 11.8. The number of ether oxygens (including phenoxy) is 1. The van der Waals surface area contributed by atoms with Crippen molar-refractivity contribution in [2.24, 2.45) is 0 Å². The number of carbonyl (C=O) groups excluding carboxylic acids is 2. The van der Waals surface area contributed by atoms with Crippen molar-refractivity contribution in [1.29, 1.82) is 0 Å². The van der Waals surface area contributed by atoms with Gasteiger partial charge in [-0.25, -0.2) is 18.2 Å². The molecule has 2 aromatic rings. The molecule has 0 bridgehead atoms. The van der Waals surface area contributed by atoms with Crippen molar-refractivity contribution in [3.05, 3.63) is 53.3 Å². The van der Waals surface area contributed by atoms with Crippen molar-refractivity contribution in [1.82, 2.24) is 4.98 Å². The number of aromatic nitrogens is 1. The number of nitrogens with zero attached hydrogens (tertiary/aromatic N) is 1. The predicted octanol–water partition coefficient (Wildman–Crippen LogP) is 1.93. The first-order chi connectivity index (χ1) is 11.3. The molecule has 126 valence electrons. The van der Waals surface area contributed by atoms with E-state index in [0.29, 0.717) is 5.69 Å². The molecule has 2 rings (SSSR count). The monoisotopic (exact) mass is 368 g/mol. The van der Waals surface area contributed by atoms with Gasteiger partial charge in [0.25, 0.3) is 5.91 Å². The van der Waals surface area contributed by atoms with Crippen LogP contribution >= 0.6 is 11.6 Å². The smallest absolute Gasteiger partial charge is 0.338 e. The Morgan fingerprint density at radius 3 is 2.46 bits per heavy atom. The molecule has 0 fully saturated rings. The zero-order valence-electron chi connectivity index (χ0n) is 12.5. The quantitative estimate of drug-likeness (QED) is 0.639. The minimum atomic E-state index is -3.34. The van der Waals surface area contributed by atoms with Gasteiger partial charge in [-0.2, -0.15) is 0 Å². The van der Waals surface area contributed by atoms with Gasteiger partial charge in [0, 0.05) is 12.5 Å². The van der Waals surface area contributed by atoms with Crippen LogP contribution in [0.2, 0.25) is 5.15 Å². The lowest BCUT2D eigenvalue weighted by atomic mass is 10.2. The minimum Gasteiger partial charge on any atom is -0.452 e. The van der Waals surface area contributed by atoms with Gasteiger partial charge in [0.05, 0.1) is 16.1 Å². The number of nitrogens with one attached hydrogen (secondary N) is 1. The zero-order chi connectivity index (χ0) is 17.7. The van der Waals surface area contributed by atoms with Crippen LogP contribution in [0.3, 0.4) is 0 Å². The first kappa shape index (κ1) is 17.9. The standard InChI is InChI=1S/C15H13ClN2O5S/c1-24(21,22)11-6-4-10(5-7-11)15(20)23-9-13(19)18-12-3-2-8-17-14(12)16/h2-8H,9H2,1H3,(H,18,19). The van der Waals surface area contributed by atoms with E-state index in [1.54, 1.807) is 12.1 Å². The first-order valence-electron chi connectivity index (χ1n) is 6.65. The number of sulfone groups is 1. The summed E-state index contributed by atoms with van der Waals surface area (Å²) in [6.07, 6.45) is 2.53. The van der Waals surface area contributed by atoms with E-state index in [9.17, 15) is 18.0 Å². The molecular formula is C15H13ClN2O5S. The molecule has 0 radical (unpaired) electrons. The van der Waals surface area contributed by atoms with E-state index in [1.807, 2.05) is 0 Å². The summed E-state index contributed by atoms with van der Waals surface area (Å²) >= 11 is 5.80. The van der Waals surface area contributed by atoms with Gasteiger partial charge in [0.15, 0.2) is 21.6 Å². The summed E-state index contributed by atoms with van der Waals surface area (Å²) in [5.41, 5.74) is 0.437. The maximum atomic E-state index is 11.8. The molecule has 1 aromatic heterocycles. The van der Waals surface area contributed by atoms with E-state index in [0.717, 1.165) is 6.26 Å². The lowest BCUT2D eigenvalue weighted by Gasteiger charge is -2.07. The van der Waals surface area contributed by atoms with Gasteiger partial charge in [-0.05, 0) is 36.4 Å². The van der Waals surface area contributed by atoms with E-state index in [-0.39, 0.29) is 15.6 Å². The van der Waals surface area contributed by atoms with E-state index >= 15 is 0 Å². The highest BCUT2D eigenvalue weighted by Gasteiger charge is 2.13. The normalized spacial score (nSPS) is 10.9. The molecule has 1 aromatic carbocycles. The highest BCUT2D eigenvalue weighted by molar-refractivity contribution is 7.90. The Balaban J connectivity index is 1.93. The first-order valence-corrected chi connectivity index (χ1v) is 8.92. The van der Waals surface area contributed by atoms with Crippen LogP contribution in [0.4, 0.5) is 5.69 Å². The number of halogens is 1. The molecule has 0 unspecified atom stereocenters. The number of amides is 1. The van der Waals surface area contributed by atoms with E-state index in [4.69, 9.17) is 16.3 Å². The highest BCUT2D eigenvalue weighted by Crippen LogP contribution is 2.17. The molecule has 0 saturated carbocycles. The second kappa shape index (κ2) is 7.41. The summed E-state index contributed by atoms with van der Waals surface area (Å²) in [7, 11) is -3.34. The van der Waals surface area contributed by atoms with Gasteiger partial charge < -0.3 is 10.1 Å². The summed E-state index contributed by atoms with van der Waals surface area (Å²) in [5.74, 6) is -1.33. The molecule has 1 amide bonds. The van der Waals surface area contributed by atoms with Gasteiger partial charge in [-0.3, -0.25) is 4.79 Å². The molecule has 24 heavy (non-hydrogen) atoms. The second-order valence-corrected chi connectivity index (χ2v) is 7.14. The molecule has 7 nitrogen and oxygen atoms in total. The van der Waals surface area contributed by atoms with Gasteiger partial charge in [-0.15, -0.1) is 0 Å². The number of pyridine rings is 1. The van der Waals surface area contributed by atoms with Crippen LogP contribution in [-0.2, 0) is 19.4 Å². The molecule has 0 aliphatic rings. The average Bonchev–Trinajstić information content (AvgIpc) is 2.54. The molecule has 0 spiro atoms. The second-order valence-electron chi connectivity index (χ2n) is 4.76. The maximum Gasteiger partial charge on any atom is 0.338 e. The number of benzene rings is 1. The average molecular weight is 369 g/mol. The fourth-order valence-electron chi connectivity index (χ4n) is 1.72. The summed E-state index contributed by atoms with van der Waals surface area (Å²) < 4.78 is 27.6. The Morgan fingerprint density at radius 1 is 1.21 bits per heavy atom. The van der Waals surface area contributed by atoms with Crippen molar-refractivity contribution < 1.29 is 22.7 Å². The fourth-order valence-corrected chi connectivity index (χ4v) is 2.52.